The van der Waals surface area contributed by atoms with Gasteiger partial charge < -0.3 is 4.57 Å². The van der Waals surface area contributed by atoms with Crippen LogP contribution in [0.1, 0.15) is 47.1 Å². The molecule has 0 radical (unpaired) electrons. The molecule has 3 rings (SSSR count). The van der Waals surface area contributed by atoms with Crippen LogP contribution in [0.4, 0.5) is 0 Å². The van der Waals surface area contributed by atoms with E-state index >= 15 is 0 Å². The molecule has 0 amide bonds. The van der Waals surface area contributed by atoms with Gasteiger partial charge in [0.1, 0.15) is 0 Å². The van der Waals surface area contributed by atoms with Crippen molar-refractivity contribution in [2.24, 2.45) is 14.1 Å². The highest BCUT2D eigenvalue weighted by molar-refractivity contribution is 5.94. The fraction of sp³-hybridized carbons (Fsp3) is 0.455. The average molecular weight is 367 g/mol. The van der Waals surface area contributed by atoms with Crippen LogP contribution in [-0.2, 0) is 25.0 Å². The van der Waals surface area contributed by atoms with Gasteiger partial charge in [-0.1, -0.05) is 45.0 Å². The lowest BCUT2D eigenvalue weighted by molar-refractivity contribution is 0.403. The number of hydrogen-bond acceptors (Lipinski definition) is 2. The van der Waals surface area contributed by atoms with E-state index < -0.39 is 0 Å². The average Bonchev–Trinajstić information content (AvgIpc) is 2.98. The highest BCUT2D eigenvalue weighted by Crippen LogP contribution is 2.34. The van der Waals surface area contributed by atoms with Gasteiger partial charge in [0.25, 0.3) is 5.56 Å². The van der Waals surface area contributed by atoms with Gasteiger partial charge in [0, 0.05) is 25.8 Å². The molecule has 0 atom stereocenters. The van der Waals surface area contributed by atoms with Crippen LogP contribution < -0.4 is 11.2 Å². The van der Waals surface area contributed by atoms with Crippen LogP contribution in [-0.4, -0.2) is 13.7 Å². The summed E-state index contributed by atoms with van der Waals surface area (Å²) in [6.45, 7) is 12.8. The van der Waals surface area contributed by atoms with Gasteiger partial charge in [-0.3, -0.25) is 13.9 Å². The molecule has 0 N–H and O–H groups in total. The second-order valence-corrected chi connectivity index (χ2v) is 9.31. The van der Waals surface area contributed by atoms with Crippen LogP contribution in [0.15, 0.2) is 40.1 Å². The van der Waals surface area contributed by atoms with Crippen molar-refractivity contribution in [2.45, 2.75) is 52.5 Å². The molecular weight excluding hydrogens is 338 g/mol. The van der Waals surface area contributed by atoms with Gasteiger partial charge in [0.2, 0.25) is 0 Å². The van der Waals surface area contributed by atoms with Crippen molar-refractivity contribution in [3.05, 3.63) is 56.9 Å². The number of aryl methyl sites for hydroxylation is 1. The number of nitrogens with zero attached hydrogens (tertiary/aromatic N) is 3. The second-order valence-electron chi connectivity index (χ2n) is 9.31. The van der Waals surface area contributed by atoms with Crippen LogP contribution in [0, 0.1) is 0 Å². The zero-order valence-electron chi connectivity index (χ0n) is 17.5. The molecule has 0 bridgehead atoms. The number of hydrogen-bond donors (Lipinski definition) is 0. The van der Waals surface area contributed by atoms with Gasteiger partial charge in [-0.2, -0.15) is 0 Å². The molecule has 0 aliphatic heterocycles. The van der Waals surface area contributed by atoms with Gasteiger partial charge in [0.15, 0.2) is 0 Å². The largest absolute Gasteiger partial charge is 0.339 e. The summed E-state index contributed by atoms with van der Waals surface area (Å²) in [6, 6.07) is 8.38. The molecule has 5 heteroatoms. The summed E-state index contributed by atoms with van der Waals surface area (Å²) in [5.74, 6) is 0. The molecule has 2 heterocycles. The summed E-state index contributed by atoms with van der Waals surface area (Å²) < 4.78 is 4.83. The first-order valence-corrected chi connectivity index (χ1v) is 9.26. The van der Waals surface area contributed by atoms with Crippen molar-refractivity contribution in [3.63, 3.8) is 0 Å². The predicted molar refractivity (Wildman–Crippen MR) is 112 cm³/mol. The van der Waals surface area contributed by atoms with Crippen molar-refractivity contribution >= 4 is 10.9 Å². The van der Waals surface area contributed by atoms with Crippen LogP contribution in [0.5, 0.6) is 0 Å². The van der Waals surface area contributed by atoms with Crippen LogP contribution >= 0.6 is 0 Å². The summed E-state index contributed by atoms with van der Waals surface area (Å²) >= 11 is 0. The number of aromatic nitrogens is 3. The summed E-state index contributed by atoms with van der Waals surface area (Å²) in [4.78, 5) is 25.4. The summed E-state index contributed by atoms with van der Waals surface area (Å²) in [5.41, 5.74) is 2.99. The topological polar surface area (TPSA) is 48.9 Å². The second kappa shape index (κ2) is 5.98. The van der Waals surface area contributed by atoms with E-state index in [0.29, 0.717) is 10.9 Å². The Morgan fingerprint density at radius 1 is 0.815 bits per heavy atom. The van der Waals surface area contributed by atoms with Gasteiger partial charge in [0.05, 0.1) is 16.6 Å². The summed E-state index contributed by atoms with van der Waals surface area (Å²) in [5, 5.41) is 0.582. The molecule has 0 aliphatic carbocycles. The Morgan fingerprint density at radius 3 is 1.85 bits per heavy atom. The van der Waals surface area contributed by atoms with E-state index in [0.717, 1.165) is 11.3 Å². The molecule has 27 heavy (non-hydrogen) atoms. The monoisotopic (exact) mass is 367 g/mol. The fourth-order valence-electron chi connectivity index (χ4n) is 3.48. The summed E-state index contributed by atoms with van der Waals surface area (Å²) in [7, 11) is 3.24. The third-order valence-electron chi connectivity index (χ3n) is 5.19. The molecule has 0 saturated carbocycles. The fourth-order valence-corrected chi connectivity index (χ4v) is 3.48. The maximum absolute atomic E-state index is 13.0. The van der Waals surface area contributed by atoms with Crippen molar-refractivity contribution in [1.82, 2.24) is 13.7 Å². The zero-order valence-corrected chi connectivity index (χ0v) is 17.5. The number of fused-ring (bicyclic) bond motifs is 1. The van der Waals surface area contributed by atoms with Gasteiger partial charge in [-0.05, 0) is 37.3 Å². The zero-order chi connectivity index (χ0) is 20.3. The third kappa shape index (κ3) is 3.05. The lowest BCUT2D eigenvalue weighted by Crippen LogP contribution is -2.36. The first kappa shape index (κ1) is 19.2. The number of rotatable bonds is 1. The molecular formula is C22H29N3O2. The normalized spacial score (nSPS) is 12.7. The van der Waals surface area contributed by atoms with E-state index in [1.54, 1.807) is 11.6 Å². The minimum atomic E-state index is -0.312. The Kier molecular flexibility index (Phi) is 4.25. The van der Waals surface area contributed by atoms with Gasteiger partial charge >= 0.3 is 5.69 Å². The Bertz CT molecular complexity index is 1130. The molecule has 1 aromatic carbocycles. The minimum Gasteiger partial charge on any atom is -0.339 e. The molecule has 2 aromatic heterocycles. The molecule has 144 valence electrons. The Labute approximate surface area is 159 Å². The van der Waals surface area contributed by atoms with Crippen molar-refractivity contribution in [3.8, 4) is 11.3 Å². The van der Waals surface area contributed by atoms with Gasteiger partial charge in [-0.15, -0.1) is 0 Å². The van der Waals surface area contributed by atoms with Crippen LogP contribution in [0.3, 0.4) is 0 Å². The first-order valence-electron chi connectivity index (χ1n) is 9.26. The Balaban J connectivity index is 2.44. The maximum atomic E-state index is 13.0. The molecule has 0 fully saturated rings. The molecule has 5 nitrogen and oxygen atoms in total. The first-order chi connectivity index (χ1) is 12.3. The molecule has 3 aromatic rings. The lowest BCUT2D eigenvalue weighted by atomic mass is 9.86. The van der Waals surface area contributed by atoms with Crippen LogP contribution in [0.2, 0.25) is 0 Å². The smallest absolute Gasteiger partial charge is 0.330 e. The van der Waals surface area contributed by atoms with Gasteiger partial charge in [-0.25, -0.2) is 4.79 Å². The summed E-state index contributed by atoms with van der Waals surface area (Å²) in [6.07, 6.45) is 1.92. The van der Waals surface area contributed by atoms with Crippen LogP contribution in [0.25, 0.3) is 22.2 Å². The van der Waals surface area contributed by atoms with E-state index in [4.69, 9.17) is 0 Å². The van der Waals surface area contributed by atoms with Crippen molar-refractivity contribution in [1.29, 1.82) is 0 Å². The Hall–Kier alpha value is -2.56. The van der Waals surface area contributed by atoms with E-state index in [1.165, 1.54) is 17.2 Å². The van der Waals surface area contributed by atoms with E-state index in [1.807, 2.05) is 6.20 Å². The number of benzene rings is 1. The molecule has 0 aliphatic rings. The lowest BCUT2D eigenvalue weighted by Gasteiger charge is -2.25. The molecule has 0 spiro atoms. The SMILES string of the molecule is Cn1c(=O)c2c(-c3ccc(C(C)(C)C)cc3)n(C(C)(C)C)cc2n(C)c1=O. The minimum absolute atomic E-state index is 0.0622. The molecule has 0 saturated heterocycles. The molecule has 0 unspecified atom stereocenters. The van der Waals surface area contributed by atoms with E-state index in [9.17, 15) is 9.59 Å². The van der Waals surface area contributed by atoms with Crippen molar-refractivity contribution < 1.29 is 0 Å². The quantitative estimate of drug-likeness (QED) is 0.657. The maximum Gasteiger partial charge on any atom is 0.330 e. The van der Waals surface area contributed by atoms with E-state index in [-0.39, 0.29) is 22.2 Å². The highest BCUT2D eigenvalue weighted by atomic mass is 16.2. The standard InChI is InChI=1S/C22H29N3O2/c1-21(2,3)15-11-9-14(10-12-15)18-17-16(13-25(18)22(4,5)6)23(7)20(27)24(8)19(17)26/h9-13H,1-8H3. The predicted octanol–water partition coefficient (Wildman–Crippen LogP) is 3.76. The Morgan fingerprint density at radius 2 is 1.37 bits per heavy atom. The van der Waals surface area contributed by atoms with E-state index in [2.05, 4.69) is 70.4 Å². The highest BCUT2D eigenvalue weighted by Gasteiger charge is 2.25. The van der Waals surface area contributed by atoms with Crippen molar-refractivity contribution in [2.75, 3.05) is 0 Å². The third-order valence-corrected chi connectivity index (χ3v) is 5.19.